The zero-order chi connectivity index (χ0) is 21.1. The second kappa shape index (κ2) is 5.80. The number of allylic oxidation sites excluding steroid dienone is 1. The molecule has 0 unspecified atom stereocenters. The van der Waals surface area contributed by atoms with Gasteiger partial charge in [0.1, 0.15) is 11.4 Å². The first-order valence-electron chi connectivity index (χ1n) is 8.57. The molecule has 0 radical (unpaired) electrons. The van der Waals surface area contributed by atoms with Gasteiger partial charge in [-0.25, -0.2) is 9.18 Å². The van der Waals surface area contributed by atoms with Crippen molar-refractivity contribution >= 4 is 17.7 Å². The van der Waals surface area contributed by atoms with Gasteiger partial charge >= 0.3 is 6.09 Å². The third-order valence-corrected chi connectivity index (χ3v) is 5.02. The van der Waals surface area contributed by atoms with Gasteiger partial charge in [0.15, 0.2) is 11.0 Å². The number of amides is 2. The topological polar surface area (TPSA) is 97.4 Å². The lowest BCUT2D eigenvalue weighted by Crippen LogP contribution is -2.58. The van der Waals surface area contributed by atoms with Gasteiger partial charge in [-0.05, 0) is 39.0 Å². The number of hydrogen-bond acceptors (Lipinski definition) is 5. The van der Waals surface area contributed by atoms with E-state index in [0.29, 0.717) is 5.69 Å². The van der Waals surface area contributed by atoms with Gasteiger partial charge in [-0.15, -0.1) is 0 Å². The summed E-state index contributed by atoms with van der Waals surface area (Å²) >= 11 is 0. The van der Waals surface area contributed by atoms with Gasteiger partial charge in [0.2, 0.25) is 0 Å². The lowest BCUT2D eigenvalue weighted by molar-refractivity contribution is -0.130. The molecule has 2 amide bonds. The third kappa shape index (κ3) is 2.24. The molecule has 144 valence electrons. The van der Waals surface area contributed by atoms with Gasteiger partial charge in [-0.2, -0.15) is 10.5 Å². The molecule has 8 heteroatoms. The Hall–Kier alpha value is -3.39. The number of halogens is 1. The number of fused-ring (bicyclic) bond motifs is 2. The van der Waals surface area contributed by atoms with Crippen molar-refractivity contribution in [2.75, 3.05) is 11.9 Å². The number of nitriles is 2. The van der Waals surface area contributed by atoms with Crippen molar-refractivity contribution in [1.29, 1.82) is 10.5 Å². The summed E-state index contributed by atoms with van der Waals surface area (Å²) in [5.74, 6) is -1.35. The zero-order valence-electron chi connectivity index (χ0n) is 16.0. The smallest absolute Gasteiger partial charge is 0.415 e. The van der Waals surface area contributed by atoms with Crippen LogP contribution < -0.4 is 4.90 Å². The van der Waals surface area contributed by atoms with Gasteiger partial charge in [0.05, 0.1) is 12.1 Å². The maximum absolute atomic E-state index is 14.2. The van der Waals surface area contributed by atoms with E-state index in [-0.39, 0.29) is 17.7 Å². The predicted octanol–water partition coefficient (Wildman–Crippen LogP) is 3.19. The Kier molecular flexibility index (Phi) is 4.01. The minimum atomic E-state index is -2.08. The lowest BCUT2D eigenvalue weighted by atomic mass is 9.68. The number of likely N-dealkylation sites (N-methyl/N-ethyl adjacent to an activating group) is 1. The van der Waals surface area contributed by atoms with Gasteiger partial charge in [0, 0.05) is 30.4 Å². The fourth-order valence-corrected chi connectivity index (χ4v) is 3.97. The molecule has 1 fully saturated rings. The van der Waals surface area contributed by atoms with E-state index in [0.717, 1.165) is 11.0 Å². The Morgan fingerprint density at radius 2 is 1.93 bits per heavy atom. The molecule has 0 aliphatic carbocycles. The van der Waals surface area contributed by atoms with Gasteiger partial charge < -0.3 is 9.64 Å². The van der Waals surface area contributed by atoms with E-state index in [1.165, 1.54) is 24.1 Å². The van der Waals surface area contributed by atoms with Crippen LogP contribution in [0, 0.1) is 33.9 Å². The molecule has 1 aromatic carbocycles. The van der Waals surface area contributed by atoms with Gasteiger partial charge in [-0.1, -0.05) is 6.58 Å². The second-order valence-corrected chi connectivity index (χ2v) is 7.92. The van der Waals surface area contributed by atoms with Crippen LogP contribution in [0.25, 0.3) is 0 Å². The summed E-state index contributed by atoms with van der Waals surface area (Å²) in [6, 6.07) is 7.45. The van der Waals surface area contributed by atoms with Crippen molar-refractivity contribution in [2.45, 2.75) is 38.3 Å². The van der Waals surface area contributed by atoms with Crippen LogP contribution in [0.2, 0.25) is 0 Å². The summed E-state index contributed by atoms with van der Waals surface area (Å²) in [5, 5.41) is 19.9. The van der Waals surface area contributed by atoms with Crippen molar-refractivity contribution in [3.8, 4) is 12.1 Å². The van der Waals surface area contributed by atoms with E-state index in [1.54, 1.807) is 20.8 Å². The highest BCUT2D eigenvalue weighted by Gasteiger charge is 2.73. The average Bonchev–Trinajstić information content (AvgIpc) is 2.99. The van der Waals surface area contributed by atoms with Crippen LogP contribution in [-0.2, 0) is 15.1 Å². The largest absolute Gasteiger partial charge is 0.443 e. The SMILES string of the molecule is C=C1CC(C#N)(C#N)[C@]2(C(=O)N(C)c3ccc(F)cc32)N1C(=O)OC(C)(C)C. The maximum Gasteiger partial charge on any atom is 0.415 e. The summed E-state index contributed by atoms with van der Waals surface area (Å²) < 4.78 is 19.6. The molecule has 2 aliphatic rings. The predicted molar refractivity (Wildman–Crippen MR) is 97.0 cm³/mol. The number of nitrogens with zero attached hydrogens (tertiary/aromatic N) is 4. The number of rotatable bonds is 0. The molecule has 2 aliphatic heterocycles. The highest BCUT2D eigenvalue weighted by atomic mass is 19.1. The van der Waals surface area contributed by atoms with E-state index < -0.39 is 34.4 Å². The summed E-state index contributed by atoms with van der Waals surface area (Å²) in [7, 11) is 1.45. The average molecular weight is 382 g/mol. The Bertz CT molecular complexity index is 984. The monoisotopic (exact) mass is 382 g/mol. The number of hydrogen-bond donors (Lipinski definition) is 0. The first kappa shape index (κ1) is 19.4. The lowest BCUT2D eigenvalue weighted by Gasteiger charge is -2.39. The van der Waals surface area contributed by atoms with Crippen LogP contribution in [-0.4, -0.2) is 29.5 Å². The van der Waals surface area contributed by atoms with E-state index in [4.69, 9.17) is 4.74 Å². The molecule has 0 aromatic heterocycles. The Balaban J connectivity index is 2.38. The molecule has 3 rings (SSSR count). The number of carbonyl (C=O) groups is 2. The molecular formula is C20H19FN4O3. The number of benzene rings is 1. The van der Waals surface area contributed by atoms with E-state index in [1.807, 2.05) is 12.1 Å². The highest BCUT2D eigenvalue weighted by molar-refractivity contribution is 6.11. The molecule has 1 saturated heterocycles. The number of carbonyl (C=O) groups excluding carboxylic acids is 2. The van der Waals surface area contributed by atoms with Crippen molar-refractivity contribution in [3.63, 3.8) is 0 Å². The highest BCUT2D eigenvalue weighted by Crippen LogP contribution is 2.61. The molecule has 0 bridgehead atoms. The summed E-state index contributed by atoms with van der Waals surface area (Å²) in [4.78, 5) is 28.7. The van der Waals surface area contributed by atoms with Crippen molar-refractivity contribution in [2.24, 2.45) is 5.41 Å². The first-order valence-corrected chi connectivity index (χ1v) is 8.57. The Morgan fingerprint density at radius 1 is 1.32 bits per heavy atom. The van der Waals surface area contributed by atoms with Crippen LogP contribution in [0.15, 0.2) is 30.5 Å². The standard InChI is InChI=1S/C20H19FN4O3/c1-12-9-19(10-22,11-23)20(25(12)17(27)28-18(2,3)4)14-8-13(21)6-7-15(14)24(5)16(20)26/h6-8H,1,9H2,2-5H3/t20-/m0/s1. The van der Waals surface area contributed by atoms with Gasteiger partial charge in [0.25, 0.3) is 5.91 Å². The summed E-state index contributed by atoms with van der Waals surface area (Å²) in [5.41, 5.74) is -4.51. The second-order valence-electron chi connectivity index (χ2n) is 7.92. The molecule has 1 aromatic rings. The number of likely N-dealkylation sites (tertiary alicyclic amines) is 1. The van der Waals surface area contributed by atoms with Crippen LogP contribution in [0.3, 0.4) is 0 Å². The van der Waals surface area contributed by atoms with Crippen LogP contribution in [0.4, 0.5) is 14.9 Å². The third-order valence-electron chi connectivity index (χ3n) is 5.02. The number of anilines is 1. The Labute approximate surface area is 162 Å². The number of ether oxygens (including phenoxy) is 1. The minimum absolute atomic E-state index is 0.0626. The zero-order valence-corrected chi connectivity index (χ0v) is 16.0. The molecule has 28 heavy (non-hydrogen) atoms. The summed E-state index contributed by atoms with van der Waals surface area (Å²) in [6.45, 7) is 8.75. The van der Waals surface area contributed by atoms with Gasteiger partial charge in [-0.3, -0.25) is 9.69 Å². The fraction of sp³-hybridized carbons (Fsp3) is 0.400. The molecule has 2 heterocycles. The molecule has 7 nitrogen and oxygen atoms in total. The van der Waals surface area contributed by atoms with Crippen LogP contribution >= 0.6 is 0 Å². The maximum atomic E-state index is 14.2. The van der Waals surface area contributed by atoms with E-state index in [2.05, 4.69) is 6.58 Å². The fourth-order valence-electron chi connectivity index (χ4n) is 3.97. The van der Waals surface area contributed by atoms with E-state index in [9.17, 15) is 24.5 Å². The first-order chi connectivity index (χ1) is 12.9. The molecule has 0 N–H and O–H groups in total. The minimum Gasteiger partial charge on any atom is -0.443 e. The van der Waals surface area contributed by atoms with Crippen molar-refractivity contribution < 1.29 is 18.7 Å². The molecule has 0 saturated carbocycles. The molecular weight excluding hydrogens is 363 g/mol. The van der Waals surface area contributed by atoms with Crippen molar-refractivity contribution in [1.82, 2.24) is 4.90 Å². The quantitative estimate of drug-likeness (QED) is 0.686. The van der Waals surface area contributed by atoms with Crippen LogP contribution in [0.1, 0.15) is 32.8 Å². The van der Waals surface area contributed by atoms with Crippen LogP contribution in [0.5, 0.6) is 0 Å². The Morgan fingerprint density at radius 3 is 2.46 bits per heavy atom. The van der Waals surface area contributed by atoms with Crippen molar-refractivity contribution in [3.05, 3.63) is 41.9 Å². The molecule has 1 spiro atoms. The van der Waals surface area contributed by atoms with E-state index >= 15 is 0 Å². The molecule has 1 atom stereocenters. The normalized spacial score (nSPS) is 22.8. The summed E-state index contributed by atoms with van der Waals surface area (Å²) in [6.07, 6.45) is -1.18.